The van der Waals surface area contributed by atoms with E-state index in [4.69, 9.17) is 16.4 Å². The van der Waals surface area contributed by atoms with Gasteiger partial charge in [-0.25, -0.2) is 0 Å². The van der Waals surface area contributed by atoms with Crippen LogP contribution in [0.3, 0.4) is 0 Å². The SMILES string of the molecule is CCCC(=NOC/C=C/Cl)C1=C(O)CC(CC(C)SC(C)C)CC1=O. The molecule has 2 unspecified atom stereocenters. The molecule has 0 bridgehead atoms. The lowest BCUT2D eigenvalue weighted by Gasteiger charge is -2.26. The van der Waals surface area contributed by atoms with Gasteiger partial charge in [-0.2, -0.15) is 11.8 Å². The number of carbonyl (C=O) groups is 1. The Kier molecular flexibility index (Phi) is 10.3. The molecule has 0 spiro atoms. The number of nitrogens with zero attached hydrogens (tertiary/aromatic N) is 1. The van der Waals surface area contributed by atoms with Crippen LogP contribution in [0.2, 0.25) is 0 Å². The highest BCUT2D eigenvalue weighted by Gasteiger charge is 2.31. The van der Waals surface area contributed by atoms with E-state index < -0.39 is 0 Å². The molecule has 0 aromatic rings. The summed E-state index contributed by atoms with van der Waals surface area (Å²) in [6.45, 7) is 8.79. The second-order valence-corrected chi connectivity index (χ2v) is 8.97. The third-order valence-electron chi connectivity index (χ3n) is 3.90. The fourth-order valence-electron chi connectivity index (χ4n) is 3.10. The van der Waals surface area contributed by atoms with Crippen molar-refractivity contribution in [1.82, 2.24) is 0 Å². The number of allylic oxidation sites excluding steroid dienone is 2. The zero-order chi connectivity index (χ0) is 18.8. The van der Waals surface area contributed by atoms with Gasteiger partial charge in [-0.05, 0) is 30.1 Å². The number of halogens is 1. The summed E-state index contributed by atoms with van der Waals surface area (Å²) in [5.74, 6) is 0.325. The third kappa shape index (κ3) is 7.87. The van der Waals surface area contributed by atoms with Gasteiger partial charge < -0.3 is 9.94 Å². The lowest BCUT2D eigenvalue weighted by Crippen LogP contribution is -2.26. The molecule has 4 nitrogen and oxygen atoms in total. The first-order valence-electron chi connectivity index (χ1n) is 8.94. The van der Waals surface area contributed by atoms with E-state index in [-0.39, 0.29) is 24.1 Å². The standard InChI is InChI=1S/C19H30ClNO3S/c1-5-7-16(21-24-9-6-8-20)19-17(22)11-15(12-18(19)23)10-14(4)25-13(2)3/h6,8,13-15,22H,5,7,9-12H2,1-4H3/b8-6+,21-16?. The molecule has 0 radical (unpaired) electrons. The van der Waals surface area contributed by atoms with Gasteiger partial charge in [0.15, 0.2) is 5.78 Å². The van der Waals surface area contributed by atoms with Crippen molar-refractivity contribution >= 4 is 34.9 Å². The number of Topliss-reactive ketones (excluding diaryl/α,β-unsaturated/α-hetero) is 1. The Morgan fingerprint density at radius 2 is 2.16 bits per heavy atom. The number of hydrogen-bond donors (Lipinski definition) is 1. The number of thioether (sulfide) groups is 1. The molecule has 1 rings (SSSR count). The van der Waals surface area contributed by atoms with Crippen LogP contribution in [0.25, 0.3) is 0 Å². The zero-order valence-corrected chi connectivity index (χ0v) is 17.2. The topological polar surface area (TPSA) is 58.9 Å². The van der Waals surface area contributed by atoms with Crippen LogP contribution >= 0.6 is 23.4 Å². The lowest BCUT2D eigenvalue weighted by atomic mass is 9.82. The normalized spacial score (nSPS) is 20.6. The van der Waals surface area contributed by atoms with Crippen LogP contribution < -0.4 is 0 Å². The van der Waals surface area contributed by atoms with E-state index in [9.17, 15) is 9.90 Å². The van der Waals surface area contributed by atoms with Gasteiger partial charge in [-0.15, -0.1) is 0 Å². The number of ketones is 1. The van der Waals surface area contributed by atoms with Crippen LogP contribution in [-0.2, 0) is 9.63 Å². The largest absolute Gasteiger partial charge is 0.511 e. The number of carbonyl (C=O) groups excluding carboxylic acids is 1. The van der Waals surface area contributed by atoms with Gasteiger partial charge in [0, 0.05) is 23.6 Å². The summed E-state index contributed by atoms with van der Waals surface area (Å²) in [7, 11) is 0. The Morgan fingerprint density at radius 1 is 1.44 bits per heavy atom. The van der Waals surface area contributed by atoms with E-state index >= 15 is 0 Å². The molecule has 0 aliphatic heterocycles. The molecule has 1 aliphatic carbocycles. The van der Waals surface area contributed by atoms with E-state index in [2.05, 4.69) is 25.9 Å². The summed E-state index contributed by atoms with van der Waals surface area (Å²) in [4.78, 5) is 17.8. The minimum Gasteiger partial charge on any atom is -0.511 e. The number of hydrogen-bond acceptors (Lipinski definition) is 5. The summed E-state index contributed by atoms with van der Waals surface area (Å²) < 4.78 is 0. The maximum atomic E-state index is 12.6. The van der Waals surface area contributed by atoms with Gasteiger partial charge in [0.25, 0.3) is 0 Å². The van der Waals surface area contributed by atoms with Crippen LogP contribution in [0.4, 0.5) is 0 Å². The Hall–Kier alpha value is -0.940. The van der Waals surface area contributed by atoms with Gasteiger partial charge in [-0.3, -0.25) is 4.79 Å². The molecule has 0 amide bonds. The molecule has 0 heterocycles. The van der Waals surface area contributed by atoms with Crippen LogP contribution in [0, 0.1) is 5.92 Å². The van der Waals surface area contributed by atoms with E-state index in [1.54, 1.807) is 6.08 Å². The Morgan fingerprint density at radius 3 is 2.72 bits per heavy atom. The molecular weight excluding hydrogens is 358 g/mol. The molecule has 1 aliphatic rings. The van der Waals surface area contributed by atoms with Crippen molar-refractivity contribution in [3.8, 4) is 0 Å². The Balaban J connectivity index is 2.83. The van der Waals surface area contributed by atoms with Gasteiger partial charge >= 0.3 is 0 Å². The maximum absolute atomic E-state index is 12.6. The molecule has 6 heteroatoms. The van der Waals surface area contributed by atoms with Crippen LogP contribution in [0.5, 0.6) is 0 Å². The summed E-state index contributed by atoms with van der Waals surface area (Å²) in [5.41, 5.74) is 2.26. The average molecular weight is 388 g/mol. The molecule has 0 fully saturated rings. The summed E-state index contributed by atoms with van der Waals surface area (Å²) in [6.07, 6.45) is 4.97. The van der Waals surface area contributed by atoms with Crippen molar-refractivity contribution < 1.29 is 14.7 Å². The average Bonchev–Trinajstić information content (AvgIpc) is 2.49. The second-order valence-electron chi connectivity index (χ2n) is 6.70. The number of aliphatic hydroxyl groups is 1. The minimum atomic E-state index is -0.0285. The molecule has 25 heavy (non-hydrogen) atoms. The van der Waals surface area contributed by atoms with E-state index in [1.165, 1.54) is 5.54 Å². The van der Waals surface area contributed by atoms with Crippen molar-refractivity contribution in [1.29, 1.82) is 0 Å². The quantitative estimate of drug-likeness (QED) is 0.300. The summed E-state index contributed by atoms with van der Waals surface area (Å²) in [5, 5.41) is 15.6. The van der Waals surface area contributed by atoms with Crippen LogP contribution in [-0.4, -0.2) is 33.7 Å². The number of rotatable bonds is 10. The number of aliphatic hydroxyl groups excluding tert-OH is 1. The first-order chi connectivity index (χ1) is 11.9. The fourth-order valence-corrected chi connectivity index (χ4v) is 4.49. The van der Waals surface area contributed by atoms with E-state index in [1.807, 2.05) is 18.7 Å². The van der Waals surface area contributed by atoms with Gasteiger partial charge in [0.2, 0.25) is 0 Å². The van der Waals surface area contributed by atoms with Crippen molar-refractivity contribution in [2.75, 3.05) is 6.61 Å². The van der Waals surface area contributed by atoms with Gasteiger partial charge in [0.1, 0.15) is 12.4 Å². The van der Waals surface area contributed by atoms with Gasteiger partial charge in [-0.1, -0.05) is 50.9 Å². The summed E-state index contributed by atoms with van der Waals surface area (Å²) in [6, 6.07) is 0. The third-order valence-corrected chi connectivity index (χ3v) is 5.28. The predicted octanol–water partition coefficient (Wildman–Crippen LogP) is 5.62. The fraction of sp³-hybridized carbons (Fsp3) is 0.684. The van der Waals surface area contributed by atoms with Crippen LogP contribution in [0.15, 0.2) is 28.1 Å². The highest BCUT2D eigenvalue weighted by atomic mass is 35.5. The van der Waals surface area contributed by atoms with Crippen molar-refractivity contribution in [2.45, 2.75) is 70.3 Å². The zero-order valence-electron chi connectivity index (χ0n) is 15.6. The monoisotopic (exact) mass is 387 g/mol. The highest BCUT2D eigenvalue weighted by molar-refractivity contribution is 8.00. The lowest BCUT2D eigenvalue weighted by molar-refractivity contribution is -0.116. The Bertz CT molecular complexity index is 529. The van der Waals surface area contributed by atoms with Gasteiger partial charge in [0.05, 0.1) is 11.3 Å². The first kappa shape index (κ1) is 22.1. The Labute approximate surface area is 160 Å². The molecule has 0 aromatic carbocycles. The van der Waals surface area contributed by atoms with Crippen molar-refractivity contribution in [2.24, 2.45) is 11.1 Å². The molecule has 0 saturated carbocycles. The number of oxime groups is 1. The molecule has 2 atom stereocenters. The second kappa shape index (κ2) is 11.6. The smallest absolute Gasteiger partial charge is 0.168 e. The highest BCUT2D eigenvalue weighted by Crippen LogP contribution is 2.33. The molecule has 142 valence electrons. The van der Waals surface area contributed by atoms with Crippen molar-refractivity contribution in [3.05, 3.63) is 22.9 Å². The van der Waals surface area contributed by atoms with Crippen molar-refractivity contribution in [3.63, 3.8) is 0 Å². The first-order valence-corrected chi connectivity index (χ1v) is 10.3. The van der Waals surface area contributed by atoms with E-state index in [0.29, 0.717) is 41.0 Å². The predicted molar refractivity (Wildman–Crippen MR) is 107 cm³/mol. The molecule has 0 aromatic heterocycles. The molecular formula is C19H30ClNO3S. The minimum absolute atomic E-state index is 0.0285. The summed E-state index contributed by atoms with van der Waals surface area (Å²) >= 11 is 7.36. The van der Waals surface area contributed by atoms with Crippen LogP contribution in [0.1, 0.15) is 59.8 Å². The molecule has 1 N–H and O–H groups in total. The van der Waals surface area contributed by atoms with E-state index in [0.717, 1.165) is 12.8 Å². The molecule has 0 saturated heterocycles. The maximum Gasteiger partial charge on any atom is 0.168 e.